The van der Waals surface area contributed by atoms with Crippen LogP contribution in [0.5, 0.6) is 11.5 Å². The van der Waals surface area contributed by atoms with Gasteiger partial charge in [0.1, 0.15) is 5.70 Å². The second kappa shape index (κ2) is 14.3. The highest BCUT2D eigenvalue weighted by Crippen LogP contribution is 2.32. The van der Waals surface area contributed by atoms with E-state index in [9.17, 15) is 14.4 Å². The summed E-state index contributed by atoms with van der Waals surface area (Å²) < 4.78 is 11.8. The number of nitrogens with one attached hydrogen (secondary N) is 2. The average molecular weight is 632 g/mol. The lowest BCUT2D eigenvalue weighted by molar-refractivity contribution is -0.113. The minimum atomic E-state index is -0.535. The number of anilines is 1. The monoisotopic (exact) mass is 630 g/mol. The van der Waals surface area contributed by atoms with Gasteiger partial charge in [-0.05, 0) is 54.6 Å². The molecule has 9 heteroatoms. The Morgan fingerprint density at radius 2 is 1.56 bits per heavy atom. The molecule has 0 aliphatic rings. The van der Waals surface area contributed by atoms with Crippen molar-refractivity contribution >= 4 is 57.1 Å². The Bertz CT molecular complexity index is 1570. The lowest BCUT2D eigenvalue weighted by Gasteiger charge is -2.14. The Kier molecular flexibility index (Phi) is 10.4. The van der Waals surface area contributed by atoms with Crippen LogP contribution in [0.1, 0.15) is 26.3 Å². The van der Waals surface area contributed by atoms with Crippen LogP contribution in [0.2, 0.25) is 0 Å². The molecule has 0 aliphatic heterocycles. The second-order valence-electron chi connectivity index (χ2n) is 8.66. The quantitative estimate of drug-likeness (QED) is 0.107. The van der Waals surface area contributed by atoms with E-state index in [1.807, 2.05) is 18.2 Å². The van der Waals surface area contributed by atoms with Crippen LogP contribution in [0.15, 0.2) is 112 Å². The number of hydrogen-bond acceptors (Lipinski definition) is 6. The highest BCUT2D eigenvalue weighted by molar-refractivity contribution is 9.10. The molecule has 7 nitrogen and oxygen atoms in total. The van der Waals surface area contributed by atoms with Crippen LogP contribution in [0.3, 0.4) is 0 Å². The molecule has 0 atom stereocenters. The van der Waals surface area contributed by atoms with Gasteiger partial charge in [0.25, 0.3) is 11.8 Å². The fourth-order valence-corrected chi connectivity index (χ4v) is 4.97. The number of thioether (sulfide) groups is 1. The molecule has 0 spiro atoms. The molecular formula is C32H27BrN2O5S. The van der Waals surface area contributed by atoms with Gasteiger partial charge in [-0.2, -0.15) is 0 Å². The standard InChI is InChI=1S/C32H27BrN2O5S/c1-39-29-13-6-10-23(30(29)40-2)18-27(35-31(37)22-8-4-3-5-9-22)32(38)34-25-11-7-12-26(19-25)41-20-28(36)21-14-16-24(33)17-15-21/h3-19H,20H2,1-2H3,(H,34,38)(H,35,37)/b27-18-. The number of carbonyl (C=O) groups excluding carboxylic acids is 3. The lowest BCUT2D eigenvalue weighted by Crippen LogP contribution is -2.30. The average Bonchev–Trinajstić information content (AvgIpc) is 3.00. The summed E-state index contributed by atoms with van der Waals surface area (Å²) in [5.41, 5.74) is 2.09. The minimum absolute atomic E-state index is 0.00183. The van der Waals surface area contributed by atoms with Gasteiger partial charge in [0.15, 0.2) is 17.3 Å². The van der Waals surface area contributed by atoms with Crippen molar-refractivity contribution in [1.82, 2.24) is 5.32 Å². The molecule has 0 radical (unpaired) electrons. The van der Waals surface area contributed by atoms with E-state index in [-0.39, 0.29) is 17.2 Å². The highest BCUT2D eigenvalue weighted by atomic mass is 79.9. The summed E-state index contributed by atoms with van der Waals surface area (Å²) in [5, 5.41) is 5.58. The van der Waals surface area contributed by atoms with Crippen LogP contribution < -0.4 is 20.1 Å². The largest absolute Gasteiger partial charge is 0.493 e. The predicted molar refractivity (Wildman–Crippen MR) is 166 cm³/mol. The summed E-state index contributed by atoms with van der Waals surface area (Å²) in [7, 11) is 3.02. The van der Waals surface area contributed by atoms with E-state index in [4.69, 9.17) is 9.47 Å². The van der Waals surface area contributed by atoms with E-state index in [0.717, 1.165) is 9.37 Å². The molecule has 4 aromatic carbocycles. The van der Waals surface area contributed by atoms with Crippen LogP contribution >= 0.6 is 27.7 Å². The van der Waals surface area contributed by atoms with E-state index < -0.39 is 11.8 Å². The maximum absolute atomic E-state index is 13.5. The molecule has 0 aromatic heterocycles. The van der Waals surface area contributed by atoms with Crippen molar-refractivity contribution in [3.63, 3.8) is 0 Å². The van der Waals surface area contributed by atoms with E-state index in [2.05, 4.69) is 26.6 Å². The highest BCUT2D eigenvalue weighted by Gasteiger charge is 2.18. The second-order valence-corrected chi connectivity index (χ2v) is 10.6. The van der Waals surface area contributed by atoms with Crippen LogP contribution in [0.4, 0.5) is 5.69 Å². The van der Waals surface area contributed by atoms with Crippen LogP contribution in [-0.2, 0) is 4.79 Å². The first-order valence-electron chi connectivity index (χ1n) is 12.5. The number of halogens is 1. The van der Waals surface area contributed by atoms with Gasteiger partial charge >= 0.3 is 0 Å². The summed E-state index contributed by atoms with van der Waals surface area (Å²) in [6.45, 7) is 0. The van der Waals surface area contributed by atoms with E-state index in [1.54, 1.807) is 78.9 Å². The third kappa shape index (κ3) is 8.09. The maximum atomic E-state index is 13.5. The molecule has 208 valence electrons. The number of hydrogen-bond donors (Lipinski definition) is 2. The van der Waals surface area contributed by atoms with Crippen molar-refractivity contribution in [3.05, 3.63) is 124 Å². The summed E-state index contributed by atoms with van der Waals surface area (Å²) in [5.74, 6) is 0.170. The molecule has 0 saturated carbocycles. The first-order chi connectivity index (χ1) is 19.9. The summed E-state index contributed by atoms with van der Waals surface area (Å²) in [6.07, 6.45) is 1.53. The predicted octanol–water partition coefficient (Wildman–Crippen LogP) is 6.85. The topological polar surface area (TPSA) is 93.7 Å². The third-order valence-corrected chi connectivity index (χ3v) is 7.41. The molecule has 0 heterocycles. The van der Waals surface area contributed by atoms with Crippen LogP contribution in [0, 0.1) is 0 Å². The molecule has 2 amide bonds. The fourth-order valence-electron chi connectivity index (χ4n) is 3.85. The fraction of sp³-hybridized carbons (Fsp3) is 0.0938. The Labute approximate surface area is 251 Å². The minimum Gasteiger partial charge on any atom is -0.493 e. The third-order valence-electron chi connectivity index (χ3n) is 5.89. The Balaban J connectivity index is 1.55. The molecule has 0 aliphatic carbocycles. The molecule has 0 saturated heterocycles. The van der Waals surface area contributed by atoms with Crippen LogP contribution in [0.25, 0.3) is 6.08 Å². The molecule has 0 unspecified atom stereocenters. The van der Waals surface area contributed by atoms with Crippen molar-refractivity contribution in [3.8, 4) is 11.5 Å². The smallest absolute Gasteiger partial charge is 0.272 e. The maximum Gasteiger partial charge on any atom is 0.272 e. The van der Waals surface area contributed by atoms with Crippen molar-refractivity contribution < 1.29 is 23.9 Å². The van der Waals surface area contributed by atoms with Crippen molar-refractivity contribution in [2.75, 3.05) is 25.3 Å². The van der Waals surface area contributed by atoms with Gasteiger partial charge < -0.3 is 20.1 Å². The number of ether oxygens (including phenoxy) is 2. The Morgan fingerprint density at radius 1 is 0.829 bits per heavy atom. The molecule has 2 N–H and O–H groups in total. The molecule has 4 rings (SSSR count). The summed E-state index contributed by atoms with van der Waals surface area (Å²) in [4.78, 5) is 39.9. The van der Waals surface area contributed by atoms with Gasteiger partial charge in [-0.25, -0.2) is 0 Å². The van der Waals surface area contributed by atoms with E-state index >= 15 is 0 Å². The van der Waals surface area contributed by atoms with Gasteiger partial charge in [0, 0.05) is 31.7 Å². The number of rotatable bonds is 11. The van der Waals surface area contributed by atoms with Gasteiger partial charge in [0.2, 0.25) is 0 Å². The number of ketones is 1. The zero-order valence-electron chi connectivity index (χ0n) is 22.3. The number of carbonyl (C=O) groups is 3. The van der Waals surface area contributed by atoms with Crippen LogP contribution in [-0.4, -0.2) is 37.6 Å². The number of para-hydroxylation sites is 1. The summed E-state index contributed by atoms with van der Waals surface area (Å²) in [6, 6.07) is 28.3. The normalized spacial score (nSPS) is 11.0. The number of methoxy groups -OCH3 is 2. The molecule has 41 heavy (non-hydrogen) atoms. The van der Waals surface area contributed by atoms with E-state index in [1.165, 1.54) is 32.1 Å². The van der Waals surface area contributed by atoms with Crippen molar-refractivity contribution in [2.24, 2.45) is 0 Å². The first kappa shape index (κ1) is 29.6. The number of Topliss-reactive ketones (excluding diaryl/α,β-unsaturated/α-hetero) is 1. The number of amides is 2. The summed E-state index contributed by atoms with van der Waals surface area (Å²) >= 11 is 4.74. The van der Waals surface area contributed by atoms with Gasteiger partial charge in [-0.15, -0.1) is 11.8 Å². The number of benzene rings is 4. The molecule has 0 fully saturated rings. The Hall–Kier alpha value is -4.34. The van der Waals surface area contributed by atoms with Gasteiger partial charge in [-0.1, -0.05) is 64.5 Å². The first-order valence-corrected chi connectivity index (χ1v) is 14.3. The zero-order valence-corrected chi connectivity index (χ0v) is 24.8. The molecule has 4 aromatic rings. The molecular weight excluding hydrogens is 604 g/mol. The zero-order chi connectivity index (χ0) is 29.2. The molecule has 0 bridgehead atoms. The van der Waals surface area contributed by atoms with Crippen molar-refractivity contribution in [1.29, 1.82) is 0 Å². The Morgan fingerprint density at radius 3 is 2.27 bits per heavy atom. The van der Waals surface area contributed by atoms with Gasteiger partial charge in [-0.3, -0.25) is 14.4 Å². The SMILES string of the molecule is COc1cccc(/C=C(\NC(=O)c2ccccc2)C(=O)Nc2cccc(SCC(=O)c3ccc(Br)cc3)c2)c1OC. The van der Waals surface area contributed by atoms with Gasteiger partial charge in [0.05, 0.1) is 20.0 Å². The van der Waals surface area contributed by atoms with Crippen molar-refractivity contribution in [2.45, 2.75) is 4.90 Å². The van der Waals surface area contributed by atoms with E-state index in [0.29, 0.717) is 33.9 Å². The lowest BCUT2D eigenvalue weighted by atomic mass is 10.1.